The zero-order valence-corrected chi connectivity index (χ0v) is 10.4. The predicted octanol–water partition coefficient (Wildman–Crippen LogP) is 1.76. The lowest BCUT2D eigenvalue weighted by Gasteiger charge is -2.09. The number of aromatic nitrogens is 3. The average molecular weight is 230 g/mol. The first-order valence-electron chi connectivity index (χ1n) is 5.84. The highest BCUT2D eigenvalue weighted by atomic mass is 15.3. The Hall–Kier alpha value is -1.68. The first-order chi connectivity index (χ1) is 8.25. The van der Waals surface area contributed by atoms with Crippen molar-refractivity contribution in [3.8, 4) is 5.69 Å². The number of rotatable bonds is 5. The Morgan fingerprint density at radius 3 is 2.53 bits per heavy atom. The number of hydrogen-bond acceptors (Lipinski definition) is 3. The van der Waals surface area contributed by atoms with Crippen LogP contribution in [0.5, 0.6) is 0 Å². The van der Waals surface area contributed by atoms with E-state index in [9.17, 15) is 0 Å². The van der Waals surface area contributed by atoms with Crippen LogP contribution in [-0.2, 0) is 6.42 Å². The van der Waals surface area contributed by atoms with Gasteiger partial charge < -0.3 is 4.90 Å². The van der Waals surface area contributed by atoms with E-state index in [0.29, 0.717) is 0 Å². The van der Waals surface area contributed by atoms with Gasteiger partial charge in [-0.25, -0.2) is 9.67 Å². The fraction of sp³-hybridized carbons (Fsp3) is 0.385. The van der Waals surface area contributed by atoms with E-state index in [0.717, 1.165) is 18.7 Å². The van der Waals surface area contributed by atoms with Gasteiger partial charge in [-0.15, -0.1) is 0 Å². The lowest BCUT2D eigenvalue weighted by molar-refractivity contribution is 0.400. The standard InChI is InChI=1S/C13H18N4/c1-16(2)9-3-4-12-5-7-13(8-6-12)17-11-14-10-15-17/h5-8,10-11H,3-4,9H2,1-2H3. The van der Waals surface area contributed by atoms with Gasteiger partial charge in [0.25, 0.3) is 0 Å². The topological polar surface area (TPSA) is 34.0 Å². The second-order valence-corrected chi connectivity index (χ2v) is 4.41. The molecule has 0 spiro atoms. The van der Waals surface area contributed by atoms with Gasteiger partial charge in [-0.2, -0.15) is 5.10 Å². The Labute approximate surface area is 102 Å². The Kier molecular flexibility index (Phi) is 3.88. The van der Waals surface area contributed by atoms with Crippen LogP contribution in [0, 0.1) is 0 Å². The van der Waals surface area contributed by atoms with Crippen LogP contribution >= 0.6 is 0 Å². The van der Waals surface area contributed by atoms with Crippen molar-refractivity contribution in [3.63, 3.8) is 0 Å². The van der Waals surface area contributed by atoms with Gasteiger partial charge >= 0.3 is 0 Å². The maximum absolute atomic E-state index is 4.10. The van der Waals surface area contributed by atoms with Crippen LogP contribution in [-0.4, -0.2) is 40.3 Å². The smallest absolute Gasteiger partial charge is 0.138 e. The summed E-state index contributed by atoms with van der Waals surface area (Å²) in [7, 11) is 4.21. The van der Waals surface area contributed by atoms with Crippen LogP contribution in [0.25, 0.3) is 5.69 Å². The molecule has 2 aromatic rings. The van der Waals surface area contributed by atoms with Crippen molar-refractivity contribution < 1.29 is 0 Å². The highest BCUT2D eigenvalue weighted by molar-refractivity contribution is 5.33. The minimum absolute atomic E-state index is 1.05. The summed E-state index contributed by atoms with van der Waals surface area (Å²) in [5.41, 5.74) is 2.43. The van der Waals surface area contributed by atoms with Gasteiger partial charge in [0, 0.05) is 0 Å². The van der Waals surface area contributed by atoms with E-state index < -0.39 is 0 Å². The zero-order valence-electron chi connectivity index (χ0n) is 10.4. The fourth-order valence-electron chi connectivity index (χ4n) is 1.76. The molecule has 0 N–H and O–H groups in total. The van der Waals surface area contributed by atoms with Gasteiger partial charge in [0.2, 0.25) is 0 Å². The number of nitrogens with zero attached hydrogens (tertiary/aromatic N) is 4. The van der Waals surface area contributed by atoms with E-state index in [2.05, 4.69) is 53.3 Å². The summed E-state index contributed by atoms with van der Waals surface area (Å²) in [5, 5.41) is 4.10. The minimum atomic E-state index is 1.05. The zero-order chi connectivity index (χ0) is 12.1. The van der Waals surface area contributed by atoms with E-state index in [1.165, 1.54) is 12.0 Å². The van der Waals surface area contributed by atoms with Crippen LogP contribution in [0.15, 0.2) is 36.9 Å². The molecule has 90 valence electrons. The predicted molar refractivity (Wildman–Crippen MR) is 68.2 cm³/mol. The largest absolute Gasteiger partial charge is 0.309 e. The summed E-state index contributed by atoms with van der Waals surface area (Å²) in [6, 6.07) is 8.48. The Balaban J connectivity index is 1.94. The molecule has 1 aromatic carbocycles. The van der Waals surface area contributed by atoms with Crippen LogP contribution in [0.2, 0.25) is 0 Å². The van der Waals surface area contributed by atoms with Crippen molar-refractivity contribution in [2.24, 2.45) is 0 Å². The van der Waals surface area contributed by atoms with Crippen molar-refractivity contribution in [1.29, 1.82) is 0 Å². The summed E-state index contributed by atoms with van der Waals surface area (Å²) in [4.78, 5) is 6.15. The second kappa shape index (κ2) is 5.59. The van der Waals surface area contributed by atoms with E-state index in [-0.39, 0.29) is 0 Å². The molecule has 0 radical (unpaired) electrons. The molecule has 0 aliphatic heterocycles. The van der Waals surface area contributed by atoms with Gasteiger partial charge in [0.05, 0.1) is 5.69 Å². The van der Waals surface area contributed by atoms with Crippen LogP contribution in [0.1, 0.15) is 12.0 Å². The summed E-state index contributed by atoms with van der Waals surface area (Å²) in [5.74, 6) is 0. The third-order valence-corrected chi connectivity index (χ3v) is 2.69. The highest BCUT2D eigenvalue weighted by Crippen LogP contribution is 2.09. The highest BCUT2D eigenvalue weighted by Gasteiger charge is 1.98. The van der Waals surface area contributed by atoms with Crippen molar-refractivity contribution in [2.75, 3.05) is 20.6 Å². The number of hydrogen-bond donors (Lipinski definition) is 0. The maximum Gasteiger partial charge on any atom is 0.138 e. The third kappa shape index (κ3) is 3.39. The molecule has 0 bridgehead atoms. The molecule has 0 unspecified atom stereocenters. The molecule has 0 saturated carbocycles. The molecule has 4 heteroatoms. The normalized spacial score (nSPS) is 11.0. The lowest BCUT2D eigenvalue weighted by atomic mass is 10.1. The van der Waals surface area contributed by atoms with Crippen molar-refractivity contribution >= 4 is 0 Å². The molecular weight excluding hydrogens is 212 g/mol. The van der Waals surface area contributed by atoms with Gasteiger partial charge in [0.1, 0.15) is 12.7 Å². The van der Waals surface area contributed by atoms with E-state index in [1.807, 2.05) is 0 Å². The Morgan fingerprint density at radius 2 is 1.94 bits per heavy atom. The SMILES string of the molecule is CN(C)CCCc1ccc(-n2cncn2)cc1. The van der Waals surface area contributed by atoms with E-state index in [4.69, 9.17) is 0 Å². The molecular formula is C13H18N4. The molecule has 0 fully saturated rings. The van der Waals surface area contributed by atoms with Crippen molar-refractivity contribution in [3.05, 3.63) is 42.5 Å². The van der Waals surface area contributed by atoms with E-state index >= 15 is 0 Å². The quantitative estimate of drug-likeness (QED) is 0.785. The summed E-state index contributed by atoms with van der Waals surface area (Å²) < 4.78 is 1.77. The molecule has 0 atom stereocenters. The molecule has 2 rings (SSSR count). The van der Waals surface area contributed by atoms with Crippen molar-refractivity contribution in [1.82, 2.24) is 19.7 Å². The molecule has 4 nitrogen and oxygen atoms in total. The van der Waals surface area contributed by atoms with Crippen LogP contribution in [0.4, 0.5) is 0 Å². The van der Waals surface area contributed by atoms with E-state index in [1.54, 1.807) is 17.3 Å². The summed E-state index contributed by atoms with van der Waals surface area (Å²) >= 11 is 0. The molecule has 0 amide bonds. The molecule has 1 aromatic heterocycles. The summed E-state index contributed by atoms with van der Waals surface area (Å²) in [6.45, 7) is 1.13. The lowest BCUT2D eigenvalue weighted by Crippen LogP contribution is -2.13. The van der Waals surface area contributed by atoms with Gasteiger partial charge in [-0.05, 0) is 51.2 Å². The first-order valence-corrected chi connectivity index (χ1v) is 5.84. The van der Waals surface area contributed by atoms with Crippen LogP contribution in [0.3, 0.4) is 0 Å². The van der Waals surface area contributed by atoms with Crippen LogP contribution < -0.4 is 0 Å². The van der Waals surface area contributed by atoms with Crippen molar-refractivity contribution in [2.45, 2.75) is 12.8 Å². The van der Waals surface area contributed by atoms with Gasteiger partial charge in [-0.3, -0.25) is 0 Å². The second-order valence-electron chi connectivity index (χ2n) is 4.41. The minimum Gasteiger partial charge on any atom is -0.309 e. The monoisotopic (exact) mass is 230 g/mol. The molecule has 0 aliphatic rings. The molecule has 17 heavy (non-hydrogen) atoms. The Morgan fingerprint density at radius 1 is 1.18 bits per heavy atom. The molecule has 0 aliphatic carbocycles. The first kappa shape index (κ1) is 11.8. The maximum atomic E-state index is 4.10. The molecule has 1 heterocycles. The number of aryl methyl sites for hydroxylation is 1. The van der Waals surface area contributed by atoms with Gasteiger partial charge in [-0.1, -0.05) is 12.1 Å². The fourth-order valence-corrected chi connectivity index (χ4v) is 1.76. The third-order valence-electron chi connectivity index (χ3n) is 2.69. The van der Waals surface area contributed by atoms with Gasteiger partial charge in [0.15, 0.2) is 0 Å². The average Bonchev–Trinajstić information content (AvgIpc) is 2.83. The molecule has 0 saturated heterocycles. The number of benzene rings is 1. The summed E-state index contributed by atoms with van der Waals surface area (Å²) in [6.07, 6.45) is 5.57. The Bertz CT molecular complexity index is 431.